The van der Waals surface area contributed by atoms with Gasteiger partial charge in [-0.25, -0.2) is 10.3 Å². The molecule has 0 fully saturated rings. The van der Waals surface area contributed by atoms with Crippen LogP contribution in [0.15, 0.2) is 42.5 Å². The summed E-state index contributed by atoms with van der Waals surface area (Å²) >= 11 is 0. The fourth-order valence-corrected chi connectivity index (χ4v) is 2.54. The van der Waals surface area contributed by atoms with Gasteiger partial charge in [-0.05, 0) is 36.4 Å². The average molecular weight is 358 g/mol. The highest BCUT2D eigenvalue weighted by molar-refractivity contribution is 5.93. The zero-order valence-electron chi connectivity index (χ0n) is 14.1. The van der Waals surface area contributed by atoms with Crippen LogP contribution in [0.25, 0.3) is 0 Å². The third-order valence-corrected chi connectivity index (χ3v) is 3.93. The molecule has 0 unspecified atom stereocenters. The van der Waals surface area contributed by atoms with E-state index in [2.05, 4.69) is 0 Å². The number of benzene rings is 2. The minimum atomic E-state index is -0.628. The van der Waals surface area contributed by atoms with Crippen LogP contribution in [0, 0.1) is 0 Å². The Morgan fingerprint density at radius 1 is 1.15 bits per heavy atom. The number of amides is 2. The normalized spacial score (nSPS) is 13.1. The first-order valence-electron chi connectivity index (χ1n) is 7.91. The lowest BCUT2D eigenvalue weighted by atomic mass is 10.1. The Hall–Kier alpha value is -3.26. The van der Waals surface area contributed by atoms with Crippen LogP contribution >= 0.6 is 0 Å². The molecule has 0 saturated carbocycles. The SMILES string of the molecule is COc1ccc(OC(=O)N2CCOc3cc(C(=O)NO)ccc3C2)cc1. The van der Waals surface area contributed by atoms with E-state index < -0.39 is 12.0 Å². The van der Waals surface area contributed by atoms with Crippen LogP contribution < -0.4 is 19.7 Å². The van der Waals surface area contributed by atoms with Gasteiger partial charge in [0.2, 0.25) is 0 Å². The Kier molecular flexibility index (Phi) is 5.23. The van der Waals surface area contributed by atoms with E-state index in [1.54, 1.807) is 49.0 Å². The smallest absolute Gasteiger partial charge is 0.415 e. The topological polar surface area (TPSA) is 97.3 Å². The molecule has 8 nitrogen and oxygen atoms in total. The van der Waals surface area contributed by atoms with Crippen LogP contribution in [-0.4, -0.2) is 42.4 Å². The molecule has 2 N–H and O–H groups in total. The van der Waals surface area contributed by atoms with Crippen molar-refractivity contribution in [2.45, 2.75) is 6.54 Å². The lowest BCUT2D eigenvalue weighted by molar-refractivity contribution is 0.0706. The van der Waals surface area contributed by atoms with E-state index in [4.69, 9.17) is 19.4 Å². The van der Waals surface area contributed by atoms with Crippen molar-refractivity contribution >= 4 is 12.0 Å². The Morgan fingerprint density at radius 3 is 2.58 bits per heavy atom. The van der Waals surface area contributed by atoms with Crippen molar-refractivity contribution in [3.8, 4) is 17.2 Å². The molecule has 1 heterocycles. The molecule has 2 amide bonds. The number of methoxy groups -OCH3 is 1. The van der Waals surface area contributed by atoms with Gasteiger partial charge in [0, 0.05) is 11.1 Å². The van der Waals surface area contributed by atoms with Crippen LogP contribution in [0.5, 0.6) is 17.2 Å². The molecular weight excluding hydrogens is 340 g/mol. The summed E-state index contributed by atoms with van der Waals surface area (Å²) in [4.78, 5) is 25.4. The lowest BCUT2D eigenvalue weighted by Crippen LogP contribution is -2.34. The summed E-state index contributed by atoms with van der Waals surface area (Å²) in [7, 11) is 1.56. The molecule has 0 aromatic heterocycles. The summed E-state index contributed by atoms with van der Waals surface area (Å²) in [6.45, 7) is 0.880. The molecule has 0 radical (unpaired) electrons. The minimum absolute atomic E-state index is 0.259. The molecule has 0 spiro atoms. The van der Waals surface area contributed by atoms with E-state index in [1.165, 1.54) is 11.0 Å². The van der Waals surface area contributed by atoms with E-state index in [1.807, 2.05) is 0 Å². The fraction of sp³-hybridized carbons (Fsp3) is 0.222. The first-order chi connectivity index (χ1) is 12.6. The largest absolute Gasteiger partial charge is 0.497 e. The number of carbonyl (C=O) groups excluding carboxylic acids is 2. The summed E-state index contributed by atoms with van der Waals surface area (Å²) in [5.74, 6) is 0.947. The van der Waals surface area contributed by atoms with E-state index >= 15 is 0 Å². The van der Waals surface area contributed by atoms with Gasteiger partial charge in [-0.3, -0.25) is 14.9 Å². The number of rotatable bonds is 3. The van der Waals surface area contributed by atoms with Crippen molar-refractivity contribution in [2.75, 3.05) is 20.3 Å². The van der Waals surface area contributed by atoms with Crippen molar-refractivity contribution in [3.05, 3.63) is 53.6 Å². The molecule has 2 aromatic carbocycles. The number of hydroxylamine groups is 1. The van der Waals surface area contributed by atoms with Gasteiger partial charge in [-0.15, -0.1) is 0 Å². The molecule has 0 atom stereocenters. The number of ether oxygens (including phenoxy) is 3. The molecule has 1 aliphatic heterocycles. The standard InChI is InChI=1S/C18H18N2O6/c1-24-14-4-6-15(7-5-14)26-18(22)20-8-9-25-16-10-12(17(21)19-23)2-3-13(16)11-20/h2-7,10,23H,8-9,11H2,1H3,(H,19,21). The Balaban J connectivity index is 1.71. The highest BCUT2D eigenvalue weighted by Crippen LogP contribution is 2.25. The van der Waals surface area contributed by atoms with Gasteiger partial charge in [0.15, 0.2) is 0 Å². The van der Waals surface area contributed by atoms with Crippen LogP contribution in [0.3, 0.4) is 0 Å². The zero-order valence-corrected chi connectivity index (χ0v) is 14.1. The maximum absolute atomic E-state index is 12.4. The van der Waals surface area contributed by atoms with Crippen LogP contribution in [0.4, 0.5) is 4.79 Å². The number of hydrogen-bond donors (Lipinski definition) is 2. The van der Waals surface area contributed by atoms with Gasteiger partial charge in [-0.1, -0.05) is 6.07 Å². The molecule has 26 heavy (non-hydrogen) atoms. The van der Waals surface area contributed by atoms with Gasteiger partial charge in [-0.2, -0.15) is 0 Å². The van der Waals surface area contributed by atoms with E-state index in [0.29, 0.717) is 23.8 Å². The molecule has 136 valence electrons. The average Bonchev–Trinajstić information content (AvgIpc) is 2.89. The van der Waals surface area contributed by atoms with E-state index in [9.17, 15) is 9.59 Å². The second kappa shape index (κ2) is 7.75. The number of carbonyl (C=O) groups is 2. The second-order valence-corrected chi connectivity index (χ2v) is 5.58. The van der Waals surface area contributed by atoms with Gasteiger partial charge in [0.25, 0.3) is 5.91 Å². The fourth-order valence-electron chi connectivity index (χ4n) is 2.54. The first-order valence-corrected chi connectivity index (χ1v) is 7.91. The Bertz CT molecular complexity index is 806. The second-order valence-electron chi connectivity index (χ2n) is 5.58. The highest BCUT2D eigenvalue weighted by atomic mass is 16.6. The monoisotopic (exact) mass is 358 g/mol. The van der Waals surface area contributed by atoms with Crippen molar-refractivity contribution < 1.29 is 29.0 Å². The van der Waals surface area contributed by atoms with E-state index in [0.717, 1.165) is 5.56 Å². The molecule has 1 aliphatic rings. The Labute approximate surface area is 149 Å². The molecule has 0 aliphatic carbocycles. The highest BCUT2D eigenvalue weighted by Gasteiger charge is 2.22. The number of fused-ring (bicyclic) bond motifs is 1. The predicted molar refractivity (Wildman–Crippen MR) is 90.6 cm³/mol. The first kappa shape index (κ1) is 17.6. The van der Waals surface area contributed by atoms with Crippen molar-refractivity contribution in [1.29, 1.82) is 0 Å². The predicted octanol–water partition coefficient (Wildman–Crippen LogP) is 2.21. The molecule has 8 heteroatoms. The molecule has 2 aromatic rings. The van der Waals surface area contributed by atoms with Gasteiger partial charge in [0.05, 0.1) is 20.2 Å². The van der Waals surface area contributed by atoms with Crippen LogP contribution in [0.2, 0.25) is 0 Å². The number of nitrogens with zero attached hydrogens (tertiary/aromatic N) is 1. The molecule has 3 rings (SSSR count). The third-order valence-electron chi connectivity index (χ3n) is 3.93. The van der Waals surface area contributed by atoms with Crippen molar-refractivity contribution in [2.24, 2.45) is 0 Å². The van der Waals surface area contributed by atoms with Gasteiger partial charge < -0.3 is 14.2 Å². The Morgan fingerprint density at radius 2 is 1.88 bits per heavy atom. The van der Waals surface area contributed by atoms with Gasteiger partial charge in [0.1, 0.15) is 23.9 Å². The summed E-state index contributed by atoms with van der Waals surface area (Å²) < 4.78 is 16.1. The molecule has 0 bridgehead atoms. The quantitative estimate of drug-likeness (QED) is 0.645. The lowest BCUT2D eigenvalue weighted by Gasteiger charge is -2.19. The maximum Gasteiger partial charge on any atom is 0.415 e. The summed E-state index contributed by atoms with van der Waals surface area (Å²) in [5, 5.41) is 8.72. The summed E-state index contributed by atoms with van der Waals surface area (Å²) in [6, 6.07) is 11.5. The third kappa shape index (κ3) is 3.86. The number of hydrogen-bond acceptors (Lipinski definition) is 6. The van der Waals surface area contributed by atoms with Crippen LogP contribution in [-0.2, 0) is 6.54 Å². The summed E-state index contributed by atoms with van der Waals surface area (Å²) in [5.41, 5.74) is 2.58. The number of nitrogens with one attached hydrogen (secondary N) is 1. The minimum Gasteiger partial charge on any atom is -0.497 e. The summed E-state index contributed by atoms with van der Waals surface area (Å²) in [6.07, 6.45) is -0.496. The van der Waals surface area contributed by atoms with Crippen molar-refractivity contribution in [1.82, 2.24) is 10.4 Å². The molecule has 0 saturated heterocycles. The van der Waals surface area contributed by atoms with E-state index in [-0.39, 0.29) is 18.7 Å². The molecular formula is C18H18N2O6. The maximum atomic E-state index is 12.4. The van der Waals surface area contributed by atoms with Gasteiger partial charge >= 0.3 is 6.09 Å². The van der Waals surface area contributed by atoms with Crippen LogP contribution in [0.1, 0.15) is 15.9 Å². The van der Waals surface area contributed by atoms with Crippen molar-refractivity contribution in [3.63, 3.8) is 0 Å². The zero-order chi connectivity index (χ0) is 18.5.